The van der Waals surface area contributed by atoms with Gasteiger partial charge in [0.05, 0.1) is 10.6 Å². The number of amides is 1. The predicted octanol–water partition coefficient (Wildman–Crippen LogP) is 4.48. The van der Waals surface area contributed by atoms with E-state index in [0.717, 1.165) is 31.4 Å². The van der Waals surface area contributed by atoms with E-state index in [-0.39, 0.29) is 12.1 Å². The lowest BCUT2D eigenvalue weighted by Gasteiger charge is -2.36. The van der Waals surface area contributed by atoms with E-state index in [2.05, 4.69) is 16.3 Å². The van der Waals surface area contributed by atoms with Crippen molar-refractivity contribution in [1.29, 1.82) is 5.26 Å². The molecule has 0 unspecified atom stereocenters. The Balaban J connectivity index is 1.88. The van der Waals surface area contributed by atoms with Gasteiger partial charge in [-0.25, -0.2) is 4.79 Å². The van der Waals surface area contributed by atoms with E-state index in [1.807, 2.05) is 40.0 Å². The number of rotatable bonds is 3. The first kappa shape index (κ1) is 19.4. The van der Waals surface area contributed by atoms with Crippen LogP contribution in [0.1, 0.15) is 52.0 Å². The largest absolute Gasteiger partial charge is 0.444 e. The van der Waals surface area contributed by atoms with Crippen LogP contribution in [0.2, 0.25) is 5.02 Å². The first-order valence-electron chi connectivity index (χ1n) is 8.61. The number of nitriles is 1. The van der Waals surface area contributed by atoms with E-state index in [4.69, 9.17) is 21.6 Å². The fraction of sp³-hybridized carbons (Fsp3) is 0.579. The lowest BCUT2D eigenvalue weighted by atomic mass is 9.90. The second-order valence-corrected chi connectivity index (χ2v) is 7.95. The van der Waals surface area contributed by atoms with Gasteiger partial charge in [-0.1, -0.05) is 11.6 Å². The van der Waals surface area contributed by atoms with E-state index in [1.165, 1.54) is 0 Å². The number of alkyl carbamates (subject to hydrolysis) is 1. The molecule has 6 heteroatoms. The highest BCUT2D eigenvalue weighted by Crippen LogP contribution is 2.29. The van der Waals surface area contributed by atoms with Crippen LogP contribution >= 0.6 is 11.6 Å². The Morgan fingerprint density at radius 3 is 2.48 bits per heavy atom. The number of anilines is 1. The summed E-state index contributed by atoms with van der Waals surface area (Å²) in [6.07, 6.45) is 3.45. The topological polar surface area (TPSA) is 65.4 Å². The number of hydrogen-bond donors (Lipinski definition) is 1. The summed E-state index contributed by atoms with van der Waals surface area (Å²) in [5, 5.41) is 12.4. The van der Waals surface area contributed by atoms with Crippen molar-refractivity contribution in [2.75, 3.05) is 11.9 Å². The zero-order valence-electron chi connectivity index (χ0n) is 15.3. The second kappa shape index (κ2) is 7.97. The zero-order valence-corrected chi connectivity index (χ0v) is 16.1. The summed E-state index contributed by atoms with van der Waals surface area (Å²) in [4.78, 5) is 14.1. The van der Waals surface area contributed by atoms with Crippen molar-refractivity contribution in [3.8, 4) is 6.07 Å². The van der Waals surface area contributed by atoms with Crippen LogP contribution in [0.4, 0.5) is 10.5 Å². The molecular formula is C19H26ClN3O2. The van der Waals surface area contributed by atoms with Gasteiger partial charge < -0.3 is 15.0 Å². The molecule has 2 rings (SSSR count). The molecule has 1 aliphatic carbocycles. The first-order chi connectivity index (χ1) is 11.7. The highest BCUT2D eigenvalue weighted by atomic mass is 35.5. The number of nitrogens with one attached hydrogen (secondary N) is 1. The first-order valence-corrected chi connectivity index (χ1v) is 8.99. The van der Waals surface area contributed by atoms with Crippen LogP contribution in [0.5, 0.6) is 0 Å². The van der Waals surface area contributed by atoms with Gasteiger partial charge in [0.1, 0.15) is 11.7 Å². The Morgan fingerprint density at radius 1 is 1.32 bits per heavy atom. The third-order valence-electron chi connectivity index (χ3n) is 4.45. The lowest BCUT2D eigenvalue weighted by Crippen LogP contribution is -2.44. The summed E-state index contributed by atoms with van der Waals surface area (Å²) in [5.74, 6) is 0. The van der Waals surface area contributed by atoms with Crippen LogP contribution in [-0.4, -0.2) is 30.8 Å². The molecule has 0 aromatic heterocycles. The number of halogens is 1. The Kier molecular flexibility index (Phi) is 6.18. The number of benzene rings is 1. The zero-order chi connectivity index (χ0) is 18.6. The number of hydrogen-bond acceptors (Lipinski definition) is 4. The average molecular weight is 364 g/mol. The monoisotopic (exact) mass is 363 g/mol. The van der Waals surface area contributed by atoms with Crippen molar-refractivity contribution >= 4 is 23.4 Å². The summed E-state index contributed by atoms with van der Waals surface area (Å²) in [6, 6.07) is 8.14. The highest BCUT2D eigenvalue weighted by Gasteiger charge is 2.27. The van der Waals surface area contributed by atoms with E-state index in [0.29, 0.717) is 16.6 Å². The van der Waals surface area contributed by atoms with Crippen molar-refractivity contribution in [1.82, 2.24) is 5.32 Å². The van der Waals surface area contributed by atoms with Crippen LogP contribution in [0, 0.1) is 11.3 Å². The molecule has 0 radical (unpaired) electrons. The Bertz CT molecular complexity index is 656. The van der Waals surface area contributed by atoms with E-state index in [9.17, 15) is 4.79 Å². The molecule has 0 saturated heterocycles. The summed E-state index contributed by atoms with van der Waals surface area (Å²) in [5.41, 5.74) is 1.02. The maximum Gasteiger partial charge on any atom is 0.407 e. The minimum absolute atomic E-state index is 0.157. The van der Waals surface area contributed by atoms with Crippen LogP contribution < -0.4 is 10.2 Å². The number of nitrogens with zero attached hydrogens (tertiary/aromatic N) is 2. The van der Waals surface area contributed by atoms with Gasteiger partial charge in [-0.05, 0) is 64.7 Å². The molecule has 1 amide bonds. The van der Waals surface area contributed by atoms with Gasteiger partial charge in [0, 0.05) is 24.8 Å². The molecule has 0 aliphatic heterocycles. The SMILES string of the molecule is CN(c1ccc(C#N)c(Cl)c1)[C@H]1CC[C@H](NC(=O)OC(C)(C)C)CC1. The fourth-order valence-corrected chi connectivity index (χ4v) is 3.32. The molecule has 0 bridgehead atoms. The Morgan fingerprint density at radius 2 is 1.96 bits per heavy atom. The van der Waals surface area contributed by atoms with Crippen LogP contribution in [0.25, 0.3) is 0 Å². The molecule has 0 spiro atoms. The van der Waals surface area contributed by atoms with Gasteiger partial charge in [-0.3, -0.25) is 0 Å². The minimum atomic E-state index is -0.476. The number of carbonyl (C=O) groups is 1. The van der Waals surface area contributed by atoms with Crippen molar-refractivity contribution in [2.24, 2.45) is 0 Å². The molecule has 25 heavy (non-hydrogen) atoms. The van der Waals surface area contributed by atoms with Crippen LogP contribution in [-0.2, 0) is 4.74 Å². The fourth-order valence-electron chi connectivity index (χ4n) is 3.11. The van der Waals surface area contributed by atoms with Gasteiger partial charge in [0.25, 0.3) is 0 Å². The predicted molar refractivity (Wildman–Crippen MR) is 100.0 cm³/mol. The molecule has 1 aliphatic rings. The van der Waals surface area contributed by atoms with Crippen molar-refractivity contribution in [3.05, 3.63) is 28.8 Å². The standard InChI is InChI=1S/C19H26ClN3O2/c1-19(2,3)25-18(24)22-14-6-9-15(10-7-14)23(4)16-8-5-13(12-21)17(20)11-16/h5,8,11,14-15H,6-7,9-10H2,1-4H3,(H,22,24)/t14-,15-. The Hall–Kier alpha value is -1.93. The van der Waals surface area contributed by atoms with E-state index >= 15 is 0 Å². The summed E-state index contributed by atoms with van der Waals surface area (Å²) >= 11 is 6.14. The van der Waals surface area contributed by atoms with Gasteiger partial charge >= 0.3 is 6.09 Å². The summed E-state index contributed by atoms with van der Waals surface area (Å²) in [7, 11) is 2.05. The minimum Gasteiger partial charge on any atom is -0.444 e. The molecular weight excluding hydrogens is 338 g/mol. The normalized spacial score (nSPS) is 20.5. The molecule has 0 heterocycles. The van der Waals surface area contributed by atoms with Crippen molar-refractivity contribution < 1.29 is 9.53 Å². The molecule has 1 aromatic carbocycles. The maximum atomic E-state index is 11.9. The third-order valence-corrected chi connectivity index (χ3v) is 4.76. The molecule has 136 valence electrons. The van der Waals surface area contributed by atoms with Gasteiger partial charge in [-0.2, -0.15) is 5.26 Å². The molecule has 5 nitrogen and oxygen atoms in total. The smallest absolute Gasteiger partial charge is 0.407 e. The van der Waals surface area contributed by atoms with E-state index < -0.39 is 5.60 Å². The lowest BCUT2D eigenvalue weighted by molar-refractivity contribution is 0.0491. The maximum absolute atomic E-state index is 11.9. The highest BCUT2D eigenvalue weighted by molar-refractivity contribution is 6.32. The van der Waals surface area contributed by atoms with E-state index in [1.54, 1.807) is 6.07 Å². The molecule has 1 fully saturated rings. The molecule has 1 saturated carbocycles. The number of carbonyl (C=O) groups excluding carboxylic acids is 1. The average Bonchev–Trinajstić information content (AvgIpc) is 2.53. The second-order valence-electron chi connectivity index (χ2n) is 7.54. The van der Waals surface area contributed by atoms with Gasteiger partial charge in [0.2, 0.25) is 0 Å². The molecule has 0 atom stereocenters. The summed E-state index contributed by atoms with van der Waals surface area (Å²) < 4.78 is 5.32. The van der Waals surface area contributed by atoms with Crippen molar-refractivity contribution in [2.45, 2.75) is 64.1 Å². The van der Waals surface area contributed by atoms with Gasteiger partial charge in [-0.15, -0.1) is 0 Å². The molecule has 1 N–H and O–H groups in total. The molecule has 1 aromatic rings. The number of ether oxygens (including phenoxy) is 1. The Labute approximate surface area is 154 Å². The quantitative estimate of drug-likeness (QED) is 0.859. The van der Waals surface area contributed by atoms with Crippen LogP contribution in [0.15, 0.2) is 18.2 Å². The third kappa shape index (κ3) is 5.54. The van der Waals surface area contributed by atoms with Crippen LogP contribution in [0.3, 0.4) is 0 Å². The summed E-state index contributed by atoms with van der Waals surface area (Å²) in [6.45, 7) is 5.59. The van der Waals surface area contributed by atoms with Crippen molar-refractivity contribution in [3.63, 3.8) is 0 Å². The van der Waals surface area contributed by atoms with Gasteiger partial charge in [0.15, 0.2) is 0 Å².